The zero-order valence-corrected chi connectivity index (χ0v) is 26.0. The van der Waals surface area contributed by atoms with Gasteiger partial charge < -0.3 is 24.4 Å². The quantitative estimate of drug-likeness (QED) is 0.314. The molecule has 1 aromatic heterocycles. The molecule has 1 N–H and O–H groups in total. The van der Waals surface area contributed by atoms with Gasteiger partial charge in [0.15, 0.2) is 5.82 Å². The molecule has 10 nitrogen and oxygen atoms in total. The molecule has 2 fully saturated rings. The van der Waals surface area contributed by atoms with Gasteiger partial charge in [-0.25, -0.2) is 9.78 Å². The molecule has 236 valence electrons. The zero-order chi connectivity index (χ0) is 31.6. The molecule has 3 aromatic rings. The van der Waals surface area contributed by atoms with Gasteiger partial charge in [0.1, 0.15) is 17.4 Å². The normalized spacial score (nSPS) is 27.5. The van der Waals surface area contributed by atoms with Gasteiger partial charge in [-0.1, -0.05) is 42.5 Å². The van der Waals surface area contributed by atoms with Gasteiger partial charge in [-0.15, -0.1) is 0 Å². The molecule has 2 saturated carbocycles. The van der Waals surface area contributed by atoms with Crippen LogP contribution in [0.3, 0.4) is 0 Å². The highest BCUT2D eigenvalue weighted by Crippen LogP contribution is 2.47. The molecule has 0 unspecified atom stereocenters. The minimum atomic E-state index is -1.10. The first kappa shape index (κ1) is 30.6. The number of nitrogens with one attached hydrogen (secondary N) is 1. The first-order chi connectivity index (χ1) is 21.8. The monoisotopic (exact) mass is 612 g/mol. The molecule has 0 bridgehead atoms. The molecule has 0 spiro atoms. The maximum Gasteiger partial charge on any atom is 0.332 e. The summed E-state index contributed by atoms with van der Waals surface area (Å²) in [6, 6.07) is 15.2. The average Bonchev–Trinajstić information content (AvgIpc) is 3.59. The fraction of sp³-hybridized carbons (Fsp3) is 0.457. The van der Waals surface area contributed by atoms with Gasteiger partial charge in [-0.05, 0) is 57.6 Å². The lowest BCUT2D eigenvalue weighted by Gasteiger charge is -2.26. The van der Waals surface area contributed by atoms with Crippen LogP contribution in [0, 0.1) is 17.8 Å². The number of carbonyl (C=O) groups is 3. The number of amides is 2. The van der Waals surface area contributed by atoms with Crippen molar-refractivity contribution < 1.29 is 28.6 Å². The van der Waals surface area contributed by atoms with Crippen molar-refractivity contribution in [3.05, 3.63) is 60.7 Å². The number of nitrogens with zero attached hydrogens (tertiary/aromatic N) is 3. The summed E-state index contributed by atoms with van der Waals surface area (Å²) in [6.07, 6.45) is 7.38. The van der Waals surface area contributed by atoms with Crippen molar-refractivity contribution in [1.82, 2.24) is 20.2 Å². The van der Waals surface area contributed by atoms with Crippen LogP contribution in [0.4, 0.5) is 0 Å². The van der Waals surface area contributed by atoms with E-state index in [0.29, 0.717) is 54.2 Å². The predicted octanol–water partition coefficient (Wildman–Crippen LogP) is 4.72. The number of aromatic nitrogens is 2. The molecule has 3 aliphatic rings. The van der Waals surface area contributed by atoms with Crippen LogP contribution in [0.2, 0.25) is 0 Å². The van der Waals surface area contributed by atoms with Crippen LogP contribution in [-0.2, 0) is 19.1 Å². The highest BCUT2D eigenvalue weighted by atomic mass is 16.5. The number of methoxy groups -OCH3 is 1. The summed E-state index contributed by atoms with van der Waals surface area (Å²) in [5.41, 5.74) is 0.395. The molecular formula is C35H40N4O6. The standard InChI is InChI=1S/C35H40N4O6/c1-4-44-34(42)35-21-23(35)14-10-5-6-11-17-39(2)33(41)28-19-25(18-27(28)31(40)38-35)45-32-26-16-15-24(43-3)20-29(26)36-30(37-32)22-12-8-7-9-13-22/h7-10,12-16,20,23,25,27-28H,4-6,11,17-19,21H2,1-3H3,(H,38,40)/b14-10-/t23-,25+,27+,28+,35+/m0/s1. The number of carbonyl (C=O) groups excluding carboxylic acids is 3. The van der Waals surface area contributed by atoms with Gasteiger partial charge in [0.05, 0.1) is 36.5 Å². The Morgan fingerprint density at radius 1 is 1.07 bits per heavy atom. The fourth-order valence-electron chi connectivity index (χ4n) is 6.61. The molecule has 2 aliphatic carbocycles. The van der Waals surface area contributed by atoms with Crippen LogP contribution in [0.25, 0.3) is 22.3 Å². The molecule has 10 heteroatoms. The Bertz CT molecular complexity index is 1610. The molecule has 2 amide bonds. The molecule has 5 atom stereocenters. The average molecular weight is 613 g/mol. The molecule has 0 saturated heterocycles. The topological polar surface area (TPSA) is 120 Å². The summed E-state index contributed by atoms with van der Waals surface area (Å²) >= 11 is 0. The number of fused-ring (bicyclic) bond motifs is 3. The number of ether oxygens (including phenoxy) is 3. The molecular weight excluding hydrogens is 572 g/mol. The lowest BCUT2D eigenvalue weighted by atomic mass is 9.93. The van der Waals surface area contributed by atoms with Crippen molar-refractivity contribution in [2.45, 2.75) is 57.1 Å². The van der Waals surface area contributed by atoms with E-state index in [-0.39, 0.29) is 24.3 Å². The SMILES string of the molecule is CCOC(=O)[C@@]12C[C@@H]1/C=C\CCCCN(C)C(=O)[C@@H]1C[C@H](Oc3nc(-c4ccccc4)nc4cc(OC)ccc34)C[C@H]1C(=O)N2. The second kappa shape index (κ2) is 12.9. The Kier molecular flexibility index (Phi) is 8.74. The molecule has 1 aliphatic heterocycles. The zero-order valence-electron chi connectivity index (χ0n) is 26.0. The number of esters is 1. The second-order valence-electron chi connectivity index (χ2n) is 12.2. The van der Waals surface area contributed by atoms with Gasteiger partial charge in [0.25, 0.3) is 0 Å². The summed E-state index contributed by atoms with van der Waals surface area (Å²) < 4.78 is 17.4. The number of hydrogen-bond acceptors (Lipinski definition) is 8. The van der Waals surface area contributed by atoms with Crippen LogP contribution in [-0.4, -0.2) is 71.6 Å². The van der Waals surface area contributed by atoms with E-state index >= 15 is 0 Å². The molecule has 2 heterocycles. The van der Waals surface area contributed by atoms with Crippen molar-refractivity contribution in [2.24, 2.45) is 17.8 Å². The predicted molar refractivity (Wildman–Crippen MR) is 168 cm³/mol. The van der Waals surface area contributed by atoms with E-state index in [4.69, 9.17) is 24.2 Å². The van der Waals surface area contributed by atoms with Gasteiger partial charge in [-0.3, -0.25) is 9.59 Å². The first-order valence-corrected chi connectivity index (χ1v) is 15.8. The van der Waals surface area contributed by atoms with Gasteiger partial charge >= 0.3 is 5.97 Å². The Morgan fingerprint density at radius 2 is 1.87 bits per heavy atom. The van der Waals surface area contributed by atoms with Gasteiger partial charge in [0, 0.05) is 31.1 Å². The Morgan fingerprint density at radius 3 is 2.64 bits per heavy atom. The number of hydrogen-bond donors (Lipinski definition) is 1. The van der Waals surface area contributed by atoms with Gasteiger partial charge in [-0.2, -0.15) is 4.98 Å². The fourth-order valence-corrected chi connectivity index (χ4v) is 6.61. The van der Waals surface area contributed by atoms with E-state index in [1.807, 2.05) is 54.6 Å². The minimum absolute atomic E-state index is 0.0892. The van der Waals surface area contributed by atoms with Crippen molar-refractivity contribution in [1.29, 1.82) is 0 Å². The Hall–Kier alpha value is -4.47. The van der Waals surface area contributed by atoms with Crippen molar-refractivity contribution in [3.63, 3.8) is 0 Å². The largest absolute Gasteiger partial charge is 0.497 e. The molecule has 2 aromatic carbocycles. The highest BCUT2D eigenvalue weighted by molar-refractivity contribution is 5.95. The minimum Gasteiger partial charge on any atom is -0.497 e. The summed E-state index contributed by atoms with van der Waals surface area (Å²) in [5.74, 6) is -0.705. The van der Waals surface area contributed by atoms with Crippen molar-refractivity contribution >= 4 is 28.7 Å². The lowest BCUT2D eigenvalue weighted by molar-refractivity contribution is -0.150. The summed E-state index contributed by atoms with van der Waals surface area (Å²) in [7, 11) is 3.40. The third-order valence-corrected chi connectivity index (χ3v) is 9.21. The van der Waals surface area contributed by atoms with Crippen LogP contribution < -0.4 is 14.8 Å². The highest BCUT2D eigenvalue weighted by Gasteiger charge is 2.62. The number of benzene rings is 2. The molecule has 6 rings (SSSR count). The van der Waals surface area contributed by atoms with Crippen molar-refractivity contribution in [2.75, 3.05) is 27.3 Å². The maximum atomic E-state index is 14.0. The van der Waals surface area contributed by atoms with E-state index < -0.39 is 29.4 Å². The summed E-state index contributed by atoms with van der Waals surface area (Å²) in [6.45, 7) is 2.59. The second-order valence-corrected chi connectivity index (χ2v) is 12.2. The maximum absolute atomic E-state index is 14.0. The lowest BCUT2D eigenvalue weighted by Crippen LogP contribution is -2.50. The van der Waals surface area contributed by atoms with E-state index in [9.17, 15) is 14.4 Å². The number of rotatable bonds is 6. The van der Waals surface area contributed by atoms with E-state index in [1.165, 1.54) is 0 Å². The third kappa shape index (κ3) is 6.23. The summed E-state index contributed by atoms with van der Waals surface area (Å²) in [4.78, 5) is 52.2. The third-order valence-electron chi connectivity index (χ3n) is 9.21. The number of allylic oxidation sites excluding steroid dienone is 1. The van der Waals surface area contributed by atoms with Crippen LogP contribution in [0.1, 0.15) is 45.4 Å². The van der Waals surface area contributed by atoms with Crippen LogP contribution in [0.5, 0.6) is 11.6 Å². The van der Waals surface area contributed by atoms with E-state index in [2.05, 4.69) is 11.4 Å². The molecule has 0 radical (unpaired) electrons. The van der Waals surface area contributed by atoms with Crippen LogP contribution >= 0.6 is 0 Å². The Labute approximate surface area is 263 Å². The van der Waals surface area contributed by atoms with E-state index in [0.717, 1.165) is 24.8 Å². The summed E-state index contributed by atoms with van der Waals surface area (Å²) in [5, 5.41) is 3.74. The van der Waals surface area contributed by atoms with E-state index in [1.54, 1.807) is 26.0 Å². The first-order valence-electron chi connectivity index (χ1n) is 15.8. The van der Waals surface area contributed by atoms with Crippen molar-refractivity contribution in [3.8, 4) is 23.0 Å². The Balaban J connectivity index is 1.32. The smallest absolute Gasteiger partial charge is 0.332 e. The van der Waals surface area contributed by atoms with Gasteiger partial charge in [0.2, 0.25) is 17.7 Å². The molecule has 45 heavy (non-hydrogen) atoms. The van der Waals surface area contributed by atoms with Crippen LogP contribution in [0.15, 0.2) is 60.7 Å².